The first-order valence-corrected chi connectivity index (χ1v) is 6.30. The van der Waals surface area contributed by atoms with E-state index in [1.807, 2.05) is 45.9 Å². The molecule has 4 nitrogen and oxygen atoms in total. The highest BCUT2D eigenvalue weighted by molar-refractivity contribution is 5.58. The summed E-state index contributed by atoms with van der Waals surface area (Å²) < 4.78 is 0. The van der Waals surface area contributed by atoms with Crippen LogP contribution >= 0.6 is 0 Å². The van der Waals surface area contributed by atoms with Crippen LogP contribution in [-0.2, 0) is 0 Å². The lowest BCUT2D eigenvalue weighted by atomic mass is 10.0. The summed E-state index contributed by atoms with van der Waals surface area (Å²) in [5.74, 6) is 0.149. The average molecular weight is 258 g/mol. The van der Waals surface area contributed by atoms with Crippen molar-refractivity contribution in [3.8, 4) is 17.3 Å². The Morgan fingerprint density at radius 1 is 1.16 bits per heavy atom. The fourth-order valence-electron chi connectivity index (χ4n) is 2.24. The maximum absolute atomic E-state index is 12.0. The first-order chi connectivity index (χ1) is 8.88. The van der Waals surface area contributed by atoms with Crippen molar-refractivity contribution in [2.24, 2.45) is 0 Å². The van der Waals surface area contributed by atoms with E-state index >= 15 is 0 Å². The van der Waals surface area contributed by atoms with Gasteiger partial charge in [0.05, 0.1) is 5.56 Å². The smallest absolute Gasteiger partial charge is 0.258 e. The molecule has 0 amide bonds. The van der Waals surface area contributed by atoms with Gasteiger partial charge < -0.3 is 10.1 Å². The topological polar surface area (TPSA) is 66.0 Å². The maximum Gasteiger partial charge on any atom is 0.258 e. The van der Waals surface area contributed by atoms with E-state index in [9.17, 15) is 9.90 Å². The Morgan fingerprint density at radius 2 is 1.74 bits per heavy atom. The van der Waals surface area contributed by atoms with Gasteiger partial charge >= 0.3 is 0 Å². The van der Waals surface area contributed by atoms with Crippen molar-refractivity contribution < 1.29 is 5.11 Å². The van der Waals surface area contributed by atoms with E-state index in [2.05, 4.69) is 9.97 Å². The number of hydrogen-bond acceptors (Lipinski definition) is 3. The van der Waals surface area contributed by atoms with Gasteiger partial charge in [-0.25, -0.2) is 0 Å². The molecule has 19 heavy (non-hydrogen) atoms. The summed E-state index contributed by atoms with van der Waals surface area (Å²) in [4.78, 5) is 18.8. The lowest BCUT2D eigenvalue weighted by Crippen LogP contribution is -2.16. The Bertz CT molecular complexity index is 652. The SMILES string of the molecule is Cc1cc(C)cc(-c2nc(O)c(C(C)C)c(=O)[nH]2)c1. The van der Waals surface area contributed by atoms with Crippen LogP contribution in [0.5, 0.6) is 5.88 Å². The zero-order valence-corrected chi connectivity index (χ0v) is 11.6. The third kappa shape index (κ3) is 2.67. The van der Waals surface area contributed by atoms with E-state index in [1.54, 1.807) is 0 Å². The minimum Gasteiger partial charge on any atom is -0.493 e. The van der Waals surface area contributed by atoms with E-state index in [-0.39, 0.29) is 17.4 Å². The van der Waals surface area contributed by atoms with Crippen LogP contribution in [-0.4, -0.2) is 15.1 Å². The van der Waals surface area contributed by atoms with Gasteiger partial charge in [0.25, 0.3) is 5.56 Å². The van der Waals surface area contributed by atoms with Crippen molar-refractivity contribution in [2.75, 3.05) is 0 Å². The summed E-state index contributed by atoms with van der Waals surface area (Å²) in [6.45, 7) is 7.67. The molecule has 0 unspecified atom stereocenters. The Balaban J connectivity index is 2.62. The molecule has 2 N–H and O–H groups in total. The lowest BCUT2D eigenvalue weighted by Gasteiger charge is -2.09. The number of aromatic hydroxyl groups is 1. The molecule has 0 saturated carbocycles. The van der Waals surface area contributed by atoms with Crippen molar-refractivity contribution in [2.45, 2.75) is 33.6 Å². The van der Waals surface area contributed by atoms with Crippen LogP contribution in [0, 0.1) is 13.8 Å². The monoisotopic (exact) mass is 258 g/mol. The minimum absolute atomic E-state index is 0.0652. The van der Waals surface area contributed by atoms with Gasteiger partial charge in [-0.2, -0.15) is 4.98 Å². The predicted molar refractivity (Wildman–Crippen MR) is 75.5 cm³/mol. The van der Waals surface area contributed by atoms with Gasteiger partial charge in [-0.15, -0.1) is 0 Å². The van der Waals surface area contributed by atoms with Crippen molar-refractivity contribution in [3.63, 3.8) is 0 Å². The van der Waals surface area contributed by atoms with E-state index in [0.29, 0.717) is 11.4 Å². The highest BCUT2D eigenvalue weighted by atomic mass is 16.3. The average Bonchev–Trinajstić information content (AvgIpc) is 2.25. The van der Waals surface area contributed by atoms with Gasteiger partial charge in [0.1, 0.15) is 5.82 Å². The van der Waals surface area contributed by atoms with Crippen molar-refractivity contribution in [3.05, 3.63) is 45.2 Å². The molecular formula is C15H18N2O2. The van der Waals surface area contributed by atoms with Gasteiger partial charge in [0.15, 0.2) is 0 Å². The van der Waals surface area contributed by atoms with Gasteiger partial charge in [-0.3, -0.25) is 4.79 Å². The molecule has 0 spiro atoms. The molecule has 0 aliphatic rings. The summed E-state index contributed by atoms with van der Waals surface area (Å²) in [5.41, 5.74) is 3.03. The highest BCUT2D eigenvalue weighted by Gasteiger charge is 2.14. The molecule has 0 aliphatic carbocycles. The Kier molecular flexibility index (Phi) is 3.42. The molecule has 0 saturated heterocycles. The number of aryl methyl sites for hydroxylation is 2. The number of benzene rings is 1. The molecule has 0 aliphatic heterocycles. The molecular weight excluding hydrogens is 240 g/mol. The van der Waals surface area contributed by atoms with E-state index in [1.165, 1.54) is 0 Å². The molecule has 1 heterocycles. The van der Waals surface area contributed by atoms with Crippen LogP contribution in [0.3, 0.4) is 0 Å². The van der Waals surface area contributed by atoms with E-state index < -0.39 is 0 Å². The number of aromatic nitrogens is 2. The van der Waals surface area contributed by atoms with Gasteiger partial charge in [0.2, 0.25) is 5.88 Å². The quantitative estimate of drug-likeness (QED) is 0.870. The van der Waals surface area contributed by atoms with Crippen LogP contribution in [0.25, 0.3) is 11.4 Å². The maximum atomic E-state index is 12.0. The number of nitrogens with zero attached hydrogens (tertiary/aromatic N) is 1. The van der Waals surface area contributed by atoms with E-state index in [4.69, 9.17) is 0 Å². The summed E-state index contributed by atoms with van der Waals surface area (Å²) in [5, 5.41) is 9.91. The fraction of sp³-hybridized carbons (Fsp3) is 0.333. The Morgan fingerprint density at radius 3 is 2.21 bits per heavy atom. The van der Waals surface area contributed by atoms with Gasteiger partial charge in [0, 0.05) is 5.56 Å². The number of nitrogens with one attached hydrogen (secondary N) is 1. The molecule has 0 atom stereocenters. The number of aromatic amines is 1. The normalized spacial score (nSPS) is 11.0. The summed E-state index contributed by atoms with van der Waals surface area (Å²) >= 11 is 0. The first kappa shape index (κ1) is 13.3. The van der Waals surface area contributed by atoms with Crippen LogP contribution in [0.15, 0.2) is 23.0 Å². The second kappa shape index (κ2) is 4.88. The first-order valence-electron chi connectivity index (χ1n) is 6.30. The predicted octanol–water partition coefficient (Wildman–Crippen LogP) is 2.88. The standard InChI is InChI=1S/C15H18N2O2/c1-8(2)12-14(18)16-13(17-15(12)19)11-6-9(3)5-10(4)7-11/h5-8H,1-4H3,(H2,16,17,18,19). The summed E-state index contributed by atoms with van der Waals surface area (Å²) in [7, 11) is 0. The number of hydrogen-bond donors (Lipinski definition) is 2. The molecule has 2 aromatic rings. The van der Waals surface area contributed by atoms with Gasteiger partial charge in [-0.1, -0.05) is 31.0 Å². The molecule has 2 rings (SSSR count). The summed E-state index contributed by atoms with van der Waals surface area (Å²) in [6, 6.07) is 5.91. The van der Waals surface area contributed by atoms with Crippen LogP contribution in [0.2, 0.25) is 0 Å². The van der Waals surface area contributed by atoms with Crippen LogP contribution in [0.4, 0.5) is 0 Å². The molecule has 100 valence electrons. The second-order valence-electron chi connectivity index (χ2n) is 5.18. The molecule has 1 aromatic heterocycles. The van der Waals surface area contributed by atoms with E-state index in [0.717, 1.165) is 16.7 Å². The van der Waals surface area contributed by atoms with Crippen molar-refractivity contribution >= 4 is 0 Å². The third-order valence-electron chi connectivity index (χ3n) is 3.01. The van der Waals surface area contributed by atoms with Crippen molar-refractivity contribution in [1.82, 2.24) is 9.97 Å². The molecule has 4 heteroatoms. The molecule has 0 fully saturated rings. The van der Waals surface area contributed by atoms with Crippen molar-refractivity contribution in [1.29, 1.82) is 0 Å². The minimum atomic E-state index is -0.281. The zero-order chi connectivity index (χ0) is 14.2. The Hall–Kier alpha value is -2.10. The second-order valence-corrected chi connectivity index (χ2v) is 5.18. The lowest BCUT2D eigenvalue weighted by molar-refractivity contribution is 0.440. The molecule has 1 aromatic carbocycles. The molecule has 0 radical (unpaired) electrons. The highest BCUT2D eigenvalue weighted by Crippen LogP contribution is 2.23. The molecule has 0 bridgehead atoms. The zero-order valence-electron chi connectivity index (χ0n) is 11.6. The van der Waals surface area contributed by atoms with Crippen LogP contribution < -0.4 is 5.56 Å². The van der Waals surface area contributed by atoms with Gasteiger partial charge in [-0.05, 0) is 31.9 Å². The number of H-pyrrole nitrogens is 1. The largest absolute Gasteiger partial charge is 0.493 e. The Labute approximate surface area is 112 Å². The third-order valence-corrected chi connectivity index (χ3v) is 3.01. The fourth-order valence-corrected chi connectivity index (χ4v) is 2.24. The van der Waals surface area contributed by atoms with Crippen LogP contribution in [0.1, 0.15) is 36.5 Å². The number of rotatable bonds is 2. The summed E-state index contributed by atoms with van der Waals surface area (Å²) in [6.07, 6.45) is 0.